The number of ether oxygens (including phenoxy) is 2. The zero-order valence-corrected chi connectivity index (χ0v) is 13.2. The standard InChI is InChI=1S/C19H17NO4/c1-23-19(22)10-14-9-18(21)16-11-15(7-8-17(16)20-14)24-12-13-5-3-2-4-6-13/h2-9,11H,10,12H2,1H3,(H,20,21). The molecule has 0 aliphatic carbocycles. The molecule has 0 atom stereocenters. The molecule has 24 heavy (non-hydrogen) atoms. The first kappa shape index (κ1) is 15.8. The molecule has 2 aromatic carbocycles. The fraction of sp³-hybridized carbons (Fsp3) is 0.158. The largest absolute Gasteiger partial charge is 0.489 e. The number of pyridine rings is 1. The Bertz CT molecular complexity index is 916. The van der Waals surface area contributed by atoms with Crippen LogP contribution in [0.2, 0.25) is 0 Å². The molecule has 0 amide bonds. The van der Waals surface area contributed by atoms with Gasteiger partial charge >= 0.3 is 5.97 Å². The van der Waals surface area contributed by atoms with Crippen LogP contribution in [-0.2, 0) is 22.6 Å². The minimum Gasteiger partial charge on any atom is -0.489 e. The number of carbonyl (C=O) groups excluding carboxylic acids is 1. The Morgan fingerprint density at radius 2 is 1.88 bits per heavy atom. The molecule has 0 fully saturated rings. The van der Waals surface area contributed by atoms with Crippen LogP contribution in [0.4, 0.5) is 0 Å². The SMILES string of the molecule is COC(=O)Cc1cc(=O)c2cc(OCc3ccccc3)ccc2[nH]1. The molecule has 0 aliphatic heterocycles. The second-order valence-electron chi connectivity index (χ2n) is 5.39. The van der Waals surface area contributed by atoms with Crippen molar-refractivity contribution in [2.45, 2.75) is 13.0 Å². The number of fused-ring (bicyclic) bond motifs is 1. The Labute approximate surface area is 138 Å². The highest BCUT2D eigenvalue weighted by molar-refractivity contribution is 5.81. The Kier molecular flexibility index (Phi) is 4.61. The summed E-state index contributed by atoms with van der Waals surface area (Å²) < 4.78 is 10.4. The van der Waals surface area contributed by atoms with Crippen molar-refractivity contribution in [1.82, 2.24) is 4.98 Å². The summed E-state index contributed by atoms with van der Waals surface area (Å²) in [5.74, 6) is 0.227. The zero-order chi connectivity index (χ0) is 16.9. The highest BCUT2D eigenvalue weighted by atomic mass is 16.5. The number of carbonyl (C=O) groups is 1. The molecule has 0 radical (unpaired) electrons. The van der Waals surface area contributed by atoms with Crippen LogP contribution in [0, 0.1) is 0 Å². The van der Waals surface area contributed by atoms with E-state index in [-0.39, 0.29) is 11.8 Å². The topological polar surface area (TPSA) is 68.4 Å². The van der Waals surface area contributed by atoms with Crippen molar-refractivity contribution in [3.8, 4) is 5.75 Å². The van der Waals surface area contributed by atoms with Crippen molar-refractivity contribution in [2.75, 3.05) is 7.11 Å². The monoisotopic (exact) mass is 323 g/mol. The highest BCUT2D eigenvalue weighted by Gasteiger charge is 2.08. The average molecular weight is 323 g/mol. The van der Waals surface area contributed by atoms with Gasteiger partial charge in [0.25, 0.3) is 0 Å². The van der Waals surface area contributed by atoms with Gasteiger partial charge in [0.1, 0.15) is 12.4 Å². The van der Waals surface area contributed by atoms with Crippen LogP contribution >= 0.6 is 0 Å². The Hall–Kier alpha value is -3.08. The van der Waals surface area contributed by atoms with Crippen LogP contribution in [0.15, 0.2) is 59.4 Å². The van der Waals surface area contributed by atoms with Gasteiger partial charge in [-0.15, -0.1) is 0 Å². The average Bonchev–Trinajstić information content (AvgIpc) is 2.61. The molecule has 3 rings (SSSR count). The normalized spacial score (nSPS) is 10.5. The smallest absolute Gasteiger partial charge is 0.311 e. The predicted octanol–water partition coefficient (Wildman–Crippen LogP) is 2.82. The van der Waals surface area contributed by atoms with Crippen LogP contribution in [0.5, 0.6) is 5.75 Å². The van der Waals surface area contributed by atoms with Crippen LogP contribution in [0.25, 0.3) is 10.9 Å². The summed E-state index contributed by atoms with van der Waals surface area (Å²) in [5, 5.41) is 0.522. The first-order chi connectivity index (χ1) is 11.7. The van der Waals surface area contributed by atoms with Crippen molar-refractivity contribution < 1.29 is 14.3 Å². The number of aromatic nitrogens is 1. The predicted molar refractivity (Wildman–Crippen MR) is 91.1 cm³/mol. The molecule has 0 unspecified atom stereocenters. The van der Waals surface area contributed by atoms with Crippen molar-refractivity contribution in [3.63, 3.8) is 0 Å². The van der Waals surface area contributed by atoms with Crippen LogP contribution in [-0.4, -0.2) is 18.1 Å². The highest BCUT2D eigenvalue weighted by Crippen LogP contribution is 2.18. The van der Waals surface area contributed by atoms with E-state index in [2.05, 4.69) is 9.72 Å². The number of esters is 1. The van der Waals surface area contributed by atoms with Gasteiger partial charge in [0, 0.05) is 22.7 Å². The summed E-state index contributed by atoms with van der Waals surface area (Å²) in [5.41, 5.74) is 2.08. The molecule has 1 N–H and O–H groups in total. The summed E-state index contributed by atoms with van der Waals surface area (Å²) in [4.78, 5) is 26.7. The van der Waals surface area contributed by atoms with Crippen molar-refractivity contribution >= 4 is 16.9 Å². The minimum atomic E-state index is -0.396. The maximum absolute atomic E-state index is 12.3. The maximum Gasteiger partial charge on any atom is 0.311 e. The maximum atomic E-state index is 12.3. The van der Waals surface area contributed by atoms with Crippen molar-refractivity contribution in [1.29, 1.82) is 0 Å². The number of aromatic amines is 1. The lowest BCUT2D eigenvalue weighted by Crippen LogP contribution is -2.11. The molecule has 0 saturated heterocycles. The fourth-order valence-electron chi connectivity index (χ4n) is 2.43. The van der Waals surface area contributed by atoms with Gasteiger partial charge in [0.05, 0.1) is 13.5 Å². The van der Waals surface area contributed by atoms with E-state index >= 15 is 0 Å². The van der Waals surface area contributed by atoms with E-state index in [0.29, 0.717) is 29.0 Å². The molecule has 0 saturated carbocycles. The van der Waals surface area contributed by atoms with Gasteiger partial charge < -0.3 is 14.5 Å². The molecule has 0 bridgehead atoms. The van der Waals surface area contributed by atoms with Crippen LogP contribution in [0.3, 0.4) is 0 Å². The van der Waals surface area contributed by atoms with E-state index in [4.69, 9.17) is 4.74 Å². The lowest BCUT2D eigenvalue weighted by atomic mass is 10.1. The molecule has 1 aromatic heterocycles. The van der Waals surface area contributed by atoms with E-state index < -0.39 is 5.97 Å². The summed E-state index contributed by atoms with van der Waals surface area (Å²) in [6.45, 7) is 0.435. The van der Waals surface area contributed by atoms with Gasteiger partial charge in [-0.3, -0.25) is 9.59 Å². The first-order valence-corrected chi connectivity index (χ1v) is 7.55. The van der Waals surface area contributed by atoms with E-state index in [9.17, 15) is 9.59 Å². The van der Waals surface area contributed by atoms with Gasteiger partial charge in [-0.05, 0) is 23.8 Å². The quantitative estimate of drug-likeness (QED) is 0.733. The Morgan fingerprint density at radius 3 is 2.62 bits per heavy atom. The van der Waals surface area contributed by atoms with E-state index in [1.807, 2.05) is 30.3 Å². The minimum absolute atomic E-state index is 0.0357. The Balaban J connectivity index is 1.83. The molecule has 0 aliphatic rings. The second kappa shape index (κ2) is 7.00. The lowest BCUT2D eigenvalue weighted by Gasteiger charge is -2.08. The number of rotatable bonds is 5. The van der Waals surface area contributed by atoms with Gasteiger partial charge in [-0.2, -0.15) is 0 Å². The molecule has 122 valence electrons. The van der Waals surface area contributed by atoms with Crippen LogP contribution < -0.4 is 10.2 Å². The molecular weight excluding hydrogens is 306 g/mol. The van der Waals surface area contributed by atoms with Gasteiger partial charge in [0.15, 0.2) is 5.43 Å². The van der Waals surface area contributed by atoms with Gasteiger partial charge in [-0.1, -0.05) is 30.3 Å². The van der Waals surface area contributed by atoms with E-state index in [1.165, 1.54) is 13.2 Å². The number of methoxy groups -OCH3 is 1. The lowest BCUT2D eigenvalue weighted by molar-refractivity contribution is -0.139. The first-order valence-electron chi connectivity index (χ1n) is 7.55. The molecule has 1 heterocycles. The van der Waals surface area contributed by atoms with E-state index in [1.54, 1.807) is 18.2 Å². The third-order valence-corrected chi connectivity index (χ3v) is 3.67. The van der Waals surface area contributed by atoms with Gasteiger partial charge in [0.2, 0.25) is 0 Å². The third-order valence-electron chi connectivity index (χ3n) is 3.67. The molecule has 5 nitrogen and oxygen atoms in total. The number of hydrogen-bond donors (Lipinski definition) is 1. The molecular formula is C19H17NO4. The molecule has 0 spiro atoms. The second-order valence-corrected chi connectivity index (χ2v) is 5.39. The summed E-state index contributed by atoms with van der Waals surface area (Å²) >= 11 is 0. The fourth-order valence-corrected chi connectivity index (χ4v) is 2.43. The molecule has 5 heteroatoms. The number of nitrogens with one attached hydrogen (secondary N) is 1. The zero-order valence-electron chi connectivity index (χ0n) is 13.2. The summed E-state index contributed by atoms with van der Waals surface area (Å²) in [6.07, 6.45) is 0.0357. The van der Waals surface area contributed by atoms with E-state index in [0.717, 1.165) is 5.56 Å². The Morgan fingerprint density at radius 1 is 1.08 bits per heavy atom. The number of hydrogen-bond acceptors (Lipinski definition) is 4. The van der Waals surface area contributed by atoms with Crippen molar-refractivity contribution in [3.05, 3.63) is 76.1 Å². The number of benzene rings is 2. The summed E-state index contributed by atoms with van der Waals surface area (Å²) in [6, 6.07) is 16.5. The summed E-state index contributed by atoms with van der Waals surface area (Å²) in [7, 11) is 1.32. The van der Waals surface area contributed by atoms with Crippen molar-refractivity contribution in [2.24, 2.45) is 0 Å². The molecule has 3 aromatic rings. The van der Waals surface area contributed by atoms with Crippen LogP contribution in [0.1, 0.15) is 11.3 Å². The number of H-pyrrole nitrogens is 1. The van der Waals surface area contributed by atoms with Gasteiger partial charge in [-0.25, -0.2) is 0 Å². The third kappa shape index (κ3) is 3.63.